The summed E-state index contributed by atoms with van der Waals surface area (Å²) < 4.78 is 11.4. The third-order valence-corrected chi connectivity index (χ3v) is 4.28. The fourth-order valence-corrected chi connectivity index (χ4v) is 3.13. The molecule has 23 heavy (non-hydrogen) atoms. The molecule has 0 amide bonds. The molecule has 1 fully saturated rings. The predicted octanol–water partition coefficient (Wildman–Crippen LogP) is 0.0580. The molecule has 1 saturated heterocycles. The molecule has 0 unspecified atom stereocenters. The summed E-state index contributed by atoms with van der Waals surface area (Å²) in [4.78, 5) is 2.46. The quantitative estimate of drug-likeness (QED) is 0.638. The topological polar surface area (TPSA) is 30.5 Å². The SMILES string of the molecule is [Li+].c1ccc(Sc2cccc([CH-]B3OCCNCCO3)c2)cc1. The van der Waals surface area contributed by atoms with Gasteiger partial charge in [-0.25, -0.2) is 0 Å². The molecule has 0 radical (unpaired) electrons. The minimum Gasteiger partial charge on any atom is -0.417 e. The Morgan fingerprint density at radius 1 is 0.913 bits per heavy atom. The maximum atomic E-state index is 5.70. The molecule has 0 saturated carbocycles. The number of nitrogens with one attached hydrogen (secondary N) is 1. The van der Waals surface area contributed by atoms with Gasteiger partial charge in [0.15, 0.2) is 0 Å². The summed E-state index contributed by atoms with van der Waals surface area (Å²) in [5, 5.41) is 3.24. The average molecular weight is 319 g/mol. The number of hydrogen-bond donors (Lipinski definition) is 1. The first-order chi connectivity index (χ1) is 10.9. The van der Waals surface area contributed by atoms with Crippen LogP contribution in [0.5, 0.6) is 0 Å². The van der Waals surface area contributed by atoms with Gasteiger partial charge in [-0.1, -0.05) is 24.3 Å². The fourth-order valence-electron chi connectivity index (χ4n) is 2.23. The Balaban J connectivity index is 0.00000192. The van der Waals surface area contributed by atoms with Gasteiger partial charge >= 0.3 is 26.0 Å². The van der Waals surface area contributed by atoms with Crippen LogP contribution < -0.4 is 24.2 Å². The van der Waals surface area contributed by atoms with E-state index in [2.05, 4.69) is 53.8 Å². The van der Waals surface area contributed by atoms with E-state index in [9.17, 15) is 0 Å². The van der Waals surface area contributed by atoms with Crippen molar-refractivity contribution in [2.24, 2.45) is 0 Å². The van der Waals surface area contributed by atoms with E-state index in [0.29, 0.717) is 13.2 Å². The fraction of sp³-hybridized carbons (Fsp3) is 0.235. The van der Waals surface area contributed by atoms with Gasteiger partial charge in [0.25, 0.3) is 0 Å². The summed E-state index contributed by atoms with van der Waals surface area (Å²) in [6.45, 7) is 3.08. The molecule has 0 atom stereocenters. The smallest absolute Gasteiger partial charge is 0.417 e. The van der Waals surface area contributed by atoms with Crippen LogP contribution in [0.3, 0.4) is 0 Å². The zero-order valence-corrected chi connectivity index (χ0v) is 14.2. The monoisotopic (exact) mass is 319 g/mol. The standard InChI is InChI=1S/C17H19BNO2S.Li/c1-2-6-16(7-3-1)22-17-8-4-5-15(13-17)14-18-20-11-9-19-10-12-21-18;/h1-8,13-14,19H,9-12H2;/q-1;+1. The van der Waals surface area contributed by atoms with Crippen molar-refractivity contribution >= 4 is 18.9 Å². The Hall–Kier alpha value is -0.798. The van der Waals surface area contributed by atoms with Crippen LogP contribution in [0.15, 0.2) is 64.4 Å². The van der Waals surface area contributed by atoms with E-state index in [1.807, 2.05) is 12.4 Å². The molecule has 2 aromatic carbocycles. The van der Waals surface area contributed by atoms with Crippen LogP contribution in [0, 0.1) is 6.32 Å². The van der Waals surface area contributed by atoms with Gasteiger partial charge in [-0.3, -0.25) is 0 Å². The first kappa shape index (κ1) is 18.5. The molecule has 0 aliphatic carbocycles. The van der Waals surface area contributed by atoms with Crippen LogP contribution in [0.2, 0.25) is 0 Å². The molecule has 3 rings (SSSR count). The number of benzene rings is 2. The molecule has 0 spiro atoms. The number of hydrogen-bond acceptors (Lipinski definition) is 4. The summed E-state index contributed by atoms with van der Waals surface area (Å²) in [7, 11) is -0.265. The summed E-state index contributed by atoms with van der Waals surface area (Å²) in [6, 6.07) is 18.8. The maximum absolute atomic E-state index is 5.70. The Labute approximate surface area is 154 Å². The third kappa shape index (κ3) is 6.31. The van der Waals surface area contributed by atoms with Gasteiger partial charge in [0.2, 0.25) is 0 Å². The van der Waals surface area contributed by atoms with Crippen LogP contribution in [0.4, 0.5) is 0 Å². The van der Waals surface area contributed by atoms with Crippen LogP contribution in [0.1, 0.15) is 5.56 Å². The van der Waals surface area contributed by atoms with Crippen LogP contribution in [-0.4, -0.2) is 33.4 Å². The van der Waals surface area contributed by atoms with Crippen LogP contribution in [-0.2, 0) is 9.31 Å². The molecule has 2 aromatic rings. The minimum atomic E-state index is -0.265. The van der Waals surface area contributed by atoms with Crippen molar-refractivity contribution in [1.82, 2.24) is 5.32 Å². The Morgan fingerprint density at radius 3 is 2.35 bits per heavy atom. The second-order valence-corrected chi connectivity index (χ2v) is 6.16. The van der Waals surface area contributed by atoms with E-state index >= 15 is 0 Å². The zero-order valence-electron chi connectivity index (χ0n) is 13.4. The van der Waals surface area contributed by atoms with E-state index in [0.717, 1.165) is 18.7 Å². The molecule has 0 aromatic heterocycles. The van der Waals surface area contributed by atoms with Gasteiger partial charge in [0.1, 0.15) is 0 Å². The second-order valence-electron chi connectivity index (χ2n) is 5.01. The van der Waals surface area contributed by atoms with Crippen molar-refractivity contribution in [3.63, 3.8) is 0 Å². The van der Waals surface area contributed by atoms with E-state index < -0.39 is 0 Å². The van der Waals surface area contributed by atoms with Gasteiger partial charge in [-0.05, 0) is 17.0 Å². The summed E-state index contributed by atoms with van der Waals surface area (Å²) in [6.07, 6.45) is 2.04. The molecular weight excluding hydrogens is 300 g/mol. The van der Waals surface area contributed by atoms with Crippen molar-refractivity contribution in [1.29, 1.82) is 0 Å². The van der Waals surface area contributed by atoms with Crippen molar-refractivity contribution in [3.8, 4) is 0 Å². The molecule has 0 bridgehead atoms. The summed E-state index contributed by atoms with van der Waals surface area (Å²) in [5.41, 5.74) is 1.12. The van der Waals surface area contributed by atoms with Crippen LogP contribution in [0.25, 0.3) is 0 Å². The van der Waals surface area contributed by atoms with E-state index in [4.69, 9.17) is 9.31 Å². The normalized spacial score (nSPS) is 15.2. The molecule has 6 heteroatoms. The van der Waals surface area contributed by atoms with E-state index in [1.165, 1.54) is 9.79 Å². The summed E-state index contributed by atoms with van der Waals surface area (Å²) >= 11 is 1.76. The molecule has 1 aliphatic heterocycles. The number of rotatable bonds is 4. The second kappa shape index (κ2) is 10.1. The predicted molar refractivity (Wildman–Crippen MR) is 90.9 cm³/mol. The molecule has 1 heterocycles. The van der Waals surface area contributed by atoms with E-state index in [1.54, 1.807) is 11.8 Å². The molecule has 1 aliphatic rings. The Bertz CT molecular complexity index is 580. The van der Waals surface area contributed by atoms with Crippen molar-refractivity contribution < 1.29 is 28.2 Å². The van der Waals surface area contributed by atoms with Crippen LogP contribution >= 0.6 is 11.8 Å². The first-order valence-electron chi connectivity index (χ1n) is 7.52. The van der Waals surface area contributed by atoms with Gasteiger partial charge in [0, 0.05) is 31.2 Å². The van der Waals surface area contributed by atoms with Gasteiger partial charge < -0.3 is 14.6 Å². The Kier molecular flexibility index (Phi) is 8.18. The third-order valence-electron chi connectivity index (χ3n) is 3.29. The zero-order chi connectivity index (χ0) is 15.0. The van der Waals surface area contributed by atoms with E-state index in [-0.39, 0.29) is 26.0 Å². The molecule has 1 N–H and O–H groups in total. The molecular formula is C17H19BLiNO2S. The van der Waals surface area contributed by atoms with Crippen molar-refractivity contribution in [2.75, 3.05) is 26.3 Å². The summed E-state index contributed by atoms with van der Waals surface area (Å²) in [5.74, 6) is 0. The average Bonchev–Trinajstić information content (AvgIpc) is 2.51. The maximum Gasteiger partial charge on any atom is 1.00 e. The Morgan fingerprint density at radius 2 is 1.61 bits per heavy atom. The molecule has 114 valence electrons. The van der Waals surface area contributed by atoms with Gasteiger partial charge in [-0.2, -0.15) is 11.6 Å². The molecule has 3 nitrogen and oxygen atoms in total. The van der Waals surface area contributed by atoms with Crippen molar-refractivity contribution in [3.05, 3.63) is 66.5 Å². The minimum absolute atomic E-state index is 0. The van der Waals surface area contributed by atoms with Gasteiger partial charge in [-0.15, -0.1) is 30.2 Å². The first-order valence-corrected chi connectivity index (χ1v) is 8.33. The van der Waals surface area contributed by atoms with Crippen molar-refractivity contribution in [2.45, 2.75) is 9.79 Å². The van der Waals surface area contributed by atoms with Gasteiger partial charge in [0.05, 0.1) is 0 Å². The largest absolute Gasteiger partial charge is 1.00 e.